The number of aliphatic hydroxyl groups is 1. The maximum Gasteiger partial charge on any atom is 0.188 e. The van der Waals surface area contributed by atoms with Crippen molar-refractivity contribution in [2.45, 2.75) is 19.0 Å². The second-order valence-electron chi connectivity index (χ2n) is 2.09. The zero-order valence-electron chi connectivity index (χ0n) is 5.50. The van der Waals surface area contributed by atoms with Gasteiger partial charge in [0.25, 0.3) is 0 Å². The van der Waals surface area contributed by atoms with E-state index in [9.17, 15) is 0 Å². The number of rotatable bonds is 1. The average molecular weight is 130 g/mol. The normalized spacial score (nSPS) is 41.9. The van der Waals surface area contributed by atoms with Gasteiger partial charge in [-0.2, -0.15) is 0 Å². The first-order valence-electron chi connectivity index (χ1n) is 2.77. The van der Waals surface area contributed by atoms with Gasteiger partial charge in [0.2, 0.25) is 0 Å². The summed E-state index contributed by atoms with van der Waals surface area (Å²) in [6.07, 6.45) is 2.41. The van der Waals surface area contributed by atoms with Crippen molar-refractivity contribution in [3.8, 4) is 0 Å². The van der Waals surface area contributed by atoms with E-state index >= 15 is 0 Å². The highest BCUT2D eigenvalue weighted by Gasteiger charge is 2.28. The fraction of sp³-hybridized carbons (Fsp3) is 0.667. The van der Waals surface area contributed by atoms with E-state index in [0.717, 1.165) is 0 Å². The maximum absolute atomic E-state index is 8.81. The number of methoxy groups -OCH3 is 1. The second kappa shape index (κ2) is 2.10. The number of hydrogen-bond acceptors (Lipinski definition) is 3. The van der Waals surface area contributed by atoms with Gasteiger partial charge in [-0.1, -0.05) is 0 Å². The van der Waals surface area contributed by atoms with Crippen molar-refractivity contribution in [1.29, 1.82) is 0 Å². The minimum atomic E-state index is -0.810. The minimum absolute atomic E-state index is 0.723. The fourth-order valence-corrected chi connectivity index (χ4v) is 0.692. The first-order valence-corrected chi connectivity index (χ1v) is 2.77. The van der Waals surface area contributed by atoms with Gasteiger partial charge in [-0.15, -0.1) is 0 Å². The van der Waals surface area contributed by atoms with Gasteiger partial charge in [-0.05, 0) is 19.1 Å². The lowest BCUT2D eigenvalue weighted by molar-refractivity contribution is -0.224. The summed E-state index contributed by atoms with van der Waals surface area (Å²) >= 11 is 0. The first kappa shape index (κ1) is 6.74. The third-order valence-electron chi connectivity index (χ3n) is 1.32. The Kier molecular flexibility index (Phi) is 1.57. The molecule has 0 amide bonds. The van der Waals surface area contributed by atoms with Crippen LogP contribution in [0.2, 0.25) is 0 Å². The predicted octanol–water partition coefficient (Wildman–Crippen LogP) is 0.254. The lowest BCUT2D eigenvalue weighted by Crippen LogP contribution is -2.27. The van der Waals surface area contributed by atoms with Crippen LogP contribution in [0.3, 0.4) is 0 Å². The standard InChI is InChI=1S/C6H10O3/c1-6(8-2)4-3-5(7)9-6/h3-5,7H,1-2H3. The zero-order chi connectivity index (χ0) is 6.91. The summed E-state index contributed by atoms with van der Waals surface area (Å²) in [5.74, 6) is -0.723. The van der Waals surface area contributed by atoms with Gasteiger partial charge >= 0.3 is 0 Å². The summed E-state index contributed by atoms with van der Waals surface area (Å²) in [5.41, 5.74) is 0. The highest BCUT2D eigenvalue weighted by Crippen LogP contribution is 2.21. The Morgan fingerprint density at radius 3 is 2.67 bits per heavy atom. The van der Waals surface area contributed by atoms with Crippen molar-refractivity contribution in [2.24, 2.45) is 0 Å². The predicted molar refractivity (Wildman–Crippen MR) is 31.6 cm³/mol. The Hall–Kier alpha value is -0.380. The van der Waals surface area contributed by atoms with Crippen LogP contribution in [0.15, 0.2) is 12.2 Å². The molecule has 1 heterocycles. The lowest BCUT2D eigenvalue weighted by atomic mass is 10.3. The van der Waals surface area contributed by atoms with E-state index in [1.165, 1.54) is 7.11 Å². The summed E-state index contributed by atoms with van der Waals surface area (Å²) in [6.45, 7) is 1.74. The SMILES string of the molecule is COC1(C)C=CC(O)O1. The van der Waals surface area contributed by atoms with E-state index in [4.69, 9.17) is 14.6 Å². The second-order valence-corrected chi connectivity index (χ2v) is 2.09. The Balaban J connectivity index is 2.57. The molecule has 0 aromatic rings. The molecule has 0 radical (unpaired) electrons. The molecule has 0 saturated heterocycles. The number of hydrogen-bond donors (Lipinski definition) is 1. The van der Waals surface area contributed by atoms with Crippen LogP contribution in [0.25, 0.3) is 0 Å². The summed E-state index contributed by atoms with van der Waals surface area (Å²) in [6, 6.07) is 0. The fourth-order valence-electron chi connectivity index (χ4n) is 0.692. The largest absolute Gasteiger partial charge is 0.365 e. The Morgan fingerprint density at radius 2 is 2.44 bits per heavy atom. The van der Waals surface area contributed by atoms with Crippen molar-refractivity contribution >= 4 is 0 Å². The summed E-state index contributed by atoms with van der Waals surface area (Å²) < 4.78 is 9.82. The third-order valence-corrected chi connectivity index (χ3v) is 1.32. The van der Waals surface area contributed by atoms with Gasteiger partial charge < -0.3 is 14.6 Å². The molecule has 0 saturated carbocycles. The van der Waals surface area contributed by atoms with Crippen molar-refractivity contribution in [2.75, 3.05) is 7.11 Å². The highest BCUT2D eigenvalue weighted by molar-refractivity contribution is 5.01. The molecule has 1 aliphatic heterocycles. The van der Waals surface area contributed by atoms with Crippen LogP contribution in [0.1, 0.15) is 6.92 Å². The molecule has 0 aliphatic carbocycles. The van der Waals surface area contributed by atoms with Crippen LogP contribution in [-0.4, -0.2) is 24.3 Å². The molecule has 0 spiro atoms. The van der Waals surface area contributed by atoms with Crippen LogP contribution < -0.4 is 0 Å². The third kappa shape index (κ3) is 1.30. The van der Waals surface area contributed by atoms with Crippen LogP contribution in [0.5, 0.6) is 0 Å². The van der Waals surface area contributed by atoms with Crippen molar-refractivity contribution in [3.63, 3.8) is 0 Å². The molecule has 2 atom stereocenters. The number of aliphatic hydroxyl groups excluding tert-OH is 1. The Bertz CT molecular complexity index is 132. The zero-order valence-corrected chi connectivity index (χ0v) is 5.50. The number of ether oxygens (including phenoxy) is 2. The summed E-state index contributed by atoms with van der Waals surface area (Å²) in [4.78, 5) is 0. The Morgan fingerprint density at radius 1 is 1.78 bits per heavy atom. The molecular formula is C6H10O3. The van der Waals surface area contributed by atoms with Crippen LogP contribution in [0.4, 0.5) is 0 Å². The van der Waals surface area contributed by atoms with Crippen LogP contribution in [-0.2, 0) is 9.47 Å². The molecule has 1 aliphatic rings. The molecule has 3 heteroatoms. The smallest absolute Gasteiger partial charge is 0.188 e. The Labute approximate surface area is 53.9 Å². The van der Waals surface area contributed by atoms with E-state index in [0.29, 0.717) is 0 Å². The van der Waals surface area contributed by atoms with Gasteiger partial charge in [-0.25, -0.2) is 0 Å². The van der Waals surface area contributed by atoms with E-state index in [2.05, 4.69) is 0 Å². The summed E-state index contributed by atoms with van der Waals surface area (Å²) in [5, 5.41) is 8.81. The topological polar surface area (TPSA) is 38.7 Å². The van der Waals surface area contributed by atoms with Crippen LogP contribution in [0, 0.1) is 0 Å². The maximum atomic E-state index is 8.81. The van der Waals surface area contributed by atoms with Gasteiger partial charge in [0.1, 0.15) is 0 Å². The molecule has 0 bridgehead atoms. The monoisotopic (exact) mass is 130 g/mol. The van der Waals surface area contributed by atoms with Crippen molar-refractivity contribution in [1.82, 2.24) is 0 Å². The highest BCUT2D eigenvalue weighted by atomic mass is 16.7. The molecule has 9 heavy (non-hydrogen) atoms. The van der Waals surface area contributed by atoms with Gasteiger partial charge in [0.15, 0.2) is 12.1 Å². The minimum Gasteiger partial charge on any atom is -0.365 e. The summed E-state index contributed by atoms with van der Waals surface area (Å²) in [7, 11) is 1.53. The van der Waals surface area contributed by atoms with E-state index < -0.39 is 12.1 Å². The van der Waals surface area contributed by atoms with E-state index in [-0.39, 0.29) is 0 Å². The van der Waals surface area contributed by atoms with Gasteiger partial charge in [0.05, 0.1) is 0 Å². The first-order chi connectivity index (χ1) is 4.16. The van der Waals surface area contributed by atoms with E-state index in [1.54, 1.807) is 19.1 Å². The molecule has 52 valence electrons. The molecule has 1 N–H and O–H groups in total. The van der Waals surface area contributed by atoms with Crippen LogP contribution >= 0.6 is 0 Å². The molecule has 1 rings (SSSR count). The molecular weight excluding hydrogens is 120 g/mol. The average Bonchev–Trinajstić information content (AvgIpc) is 2.13. The molecule has 0 fully saturated rings. The van der Waals surface area contributed by atoms with Gasteiger partial charge in [0, 0.05) is 7.11 Å². The van der Waals surface area contributed by atoms with Gasteiger partial charge in [-0.3, -0.25) is 0 Å². The molecule has 0 aromatic heterocycles. The molecule has 2 unspecified atom stereocenters. The van der Waals surface area contributed by atoms with Crippen molar-refractivity contribution in [3.05, 3.63) is 12.2 Å². The van der Waals surface area contributed by atoms with Crippen molar-refractivity contribution < 1.29 is 14.6 Å². The quantitative estimate of drug-likeness (QED) is 0.517. The lowest BCUT2D eigenvalue weighted by Gasteiger charge is -2.20. The van der Waals surface area contributed by atoms with E-state index in [1.807, 2.05) is 0 Å². The molecule has 3 nitrogen and oxygen atoms in total. The molecule has 0 aromatic carbocycles.